The number of hydrogen-bond acceptors (Lipinski definition) is 3. The van der Waals surface area contributed by atoms with Crippen LogP contribution in [0.5, 0.6) is 5.75 Å². The molecule has 0 radical (unpaired) electrons. The van der Waals surface area contributed by atoms with E-state index in [1.807, 2.05) is 25.1 Å². The van der Waals surface area contributed by atoms with Gasteiger partial charge >= 0.3 is 0 Å². The molecular weight excluding hydrogens is 344 g/mol. The zero-order valence-corrected chi connectivity index (χ0v) is 17.7. The molecule has 142 valence electrons. The number of rotatable bonds is 3. The van der Waals surface area contributed by atoms with Crippen LogP contribution in [0.25, 0.3) is 6.08 Å². The Bertz CT molecular complexity index is 732. The lowest BCUT2D eigenvalue weighted by Crippen LogP contribution is -2.31. The van der Waals surface area contributed by atoms with Gasteiger partial charge in [-0.3, -0.25) is 9.69 Å². The molecule has 5 heteroatoms. The number of thiocarbonyl (C=S) groups is 1. The van der Waals surface area contributed by atoms with Crippen LogP contribution in [0.1, 0.15) is 71.6 Å². The number of aromatic hydroxyl groups is 1. The Labute approximate surface area is 162 Å². The maximum atomic E-state index is 12.6. The van der Waals surface area contributed by atoms with Crippen LogP contribution < -0.4 is 5.32 Å². The first-order valence-electron chi connectivity index (χ1n) is 9.08. The highest BCUT2D eigenvalue weighted by Gasteiger charge is 2.31. The number of phenolic OH excluding ortho intramolecular Hbond substituents is 1. The summed E-state index contributed by atoms with van der Waals surface area (Å²) in [4.78, 5) is 14.2. The van der Waals surface area contributed by atoms with Gasteiger partial charge in [-0.2, -0.15) is 0 Å². The number of nitrogens with one attached hydrogen (secondary N) is 1. The average molecular weight is 375 g/mol. The Hall–Kier alpha value is -1.88. The van der Waals surface area contributed by atoms with E-state index in [0.29, 0.717) is 23.1 Å². The number of hydrogen-bond donors (Lipinski definition) is 2. The van der Waals surface area contributed by atoms with Crippen LogP contribution in [0.15, 0.2) is 17.8 Å². The van der Waals surface area contributed by atoms with Crippen molar-refractivity contribution in [1.82, 2.24) is 10.2 Å². The zero-order valence-electron chi connectivity index (χ0n) is 16.9. The summed E-state index contributed by atoms with van der Waals surface area (Å²) in [5, 5.41) is 14.3. The third kappa shape index (κ3) is 4.09. The normalized spacial score (nSPS) is 17.2. The van der Waals surface area contributed by atoms with Crippen LogP contribution in [0, 0.1) is 0 Å². The summed E-state index contributed by atoms with van der Waals surface area (Å²) in [5.41, 5.74) is 2.68. The van der Waals surface area contributed by atoms with Crippen molar-refractivity contribution in [3.8, 4) is 5.75 Å². The summed E-state index contributed by atoms with van der Waals surface area (Å²) in [6.07, 6.45) is 2.68. The fourth-order valence-electron chi connectivity index (χ4n) is 3.05. The molecule has 0 saturated carbocycles. The van der Waals surface area contributed by atoms with Crippen molar-refractivity contribution in [2.45, 2.75) is 65.7 Å². The SMILES string of the molecule is CCCN1C(=O)/C(=C\c2cc(C(C)(C)C)c(O)c(C(C)(C)C)c2)NC1=S. The Morgan fingerprint density at radius 2 is 1.62 bits per heavy atom. The molecule has 0 atom stereocenters. The molecule has 1 fully saturated rings. The molecule has 4 nitrogen and oxygen atoms in total. The highest BCUT2D eigenvalue weighted by atomic mass is 32.1. The van der Waals surface area contributed by atoms with Crippen molar-refractivity contribution in [1.29, 1.82) is 0 Å². The molecule has 0 unspecified atom stereocenters. The van der Waals surface area contributed by atoms with Crippen LogP contribution in [-0.4, -0.2) is 27.6 Å². The smallest absolute Gasteiger partial charge is 0.276 e. The maximum Gasteiger partial charge on any atom is 0.276 e. The molecule has 1 aliphatic rings. The molecule has 1 aliphatic heterocycles. The van der Waals surface area contributed by atoms with Crippen molar-refractivity contribution < 1.29 is 9.90 Å². The van der Waals surface area contributed by atoms with E-state index < -0.39 is 0 Å². The second-order valence-corrected chi connectivity index (χ2v) is 9.30. The zero-order chi connectivity index (χ0) is 19.9. The number of nitrogens with zero attached hydrogens (tertiary/aromatic N) is 1. The topological polar surface area (TPSA) is 52.6 Å². The molecule has 1 amide bonds. The minimum atomic E-state index is -0.213. The third-order valence-corrected chi connectivity index (χ3v) is 4.79. The number of carbonyl (C=O) groups excluding carboxylic acids is 1. The molecule has 0 aliphatic carbocycles. The van der Waals surface area contributed by atoms with Gasteiger partial charge in [-0.05, 0) is 53.2 Å². The Morgan fingerprint density at radius 3 is 2.04 bits per heavy atom. The van der Waals surface area contributed by atoms with E-state index in [1.165, 1.54) is 0 Å². The Kier molecular flexibility index (Phi) is 5.52. The molecule has 0 aromatic heterocycles. The highest BCUT2D eigenvalue weighted by molar-refractivity contribution is 7.80. The first kappa shape index (κ1) is 20.4. The molecule has 26 heavy (non-hydrogen) atoms. The minimum Gasteiger partial charge on any atom is -0.507 e. The summed E-state index contributed by atoms with van der Waals surface area (Å²) in [6.45, 7) is 15.1. The fourth-order valence-corrected chi connectivity index (χ4v) is 3.33. The second kappa shape index (κ2) is 7.03. The van der Waals surface area contributed by atoms with Crippen molar-refractivity contribution in [3.63, 3.8) is 0 Å². The monoisotopic (exact) mass is 374 g/mol. The predicted molar refractivity (Wildman–Crippen MR) is 111 cm³/mol. The summed E-state index contributed by atoms with van der Waals surface area (Å²) in [5.74, 6) is 0.237. The van der Waals surface area contributed by atoms with Crippen LogP contribution in [0.3, 0.4) is 0 Å². The minimum absolute atomic E-state index is 0.0976. The van der Waals surface area contributed by atoms with Gasteiger partial charge in [0.2, 0.25) is 0 Å². The predicted octanol–water partition coefficient (Wildman–Crippen LogP) is 4.45. The van der Waals surface area contributed by atoms with Gasteiger partial charge < -0.3 is 10.4 Å². The first-order valence-corrected chi connectivity index (χ1v) is 9.49. The molecule has 2 N–H and O–H groups in total. The number of benzene rings is 1. The standard InChI is InChI=1S/C21H30N2O2S/c1-8-9-23-18(25)16(22-19(23)26)12-13-10-14(20(2,3)4)17(24)15(11-13)21(5,6)7/h10-12,24H,8-9H2,1-7H3,(H,22,26)/b16-12+. The summed E-state index contributed by atoms with van der Waals surface area (Å²) < 4.78 is 0. The van der Waals surface area contributed by atoms with E-state index in [9.17, 15) is 9.90 Å². The van der Waals surface area contributed by atoms with Crippen molar-refractivity contribution in [2.24, 2.45) is 0 Å². The summed E-state index contributed by atoms with van der Waals surface area (Å²) in [7, 11) is 0. The van der Waals surface area contributed by atoms with Gasteiger partial charge in [0.1, 0.15) is 11.4 Å². The largest absolute Gasteiger partial charge is 0.507 e. The van der Waals surface area contributed by atoms with E-state index in [1.54, 1.807) is 4.90 Å². The average Bonchev–Trinajstić information content (AvgIpc) is 2.74. The van der Waals surface area contributed by atoms with Gasteiger partial charge in [0.15, 0.2) is 5.11 Å². The van der Waals surface area contributed by atoms with Crippen molar-refractivity contribution in [3.05, 3.63) is 34.5 Å². The molecule has 2 rings (SSSR count). The van der Waals surface area contributed by atoms with Crippen LogP contribution >= 0.6 is 12.2 Å². The molecule has 1 saturated heterocycles. The highest BCUT2D eigenvalue weighted by Crippen LogP contribution is 2.40. The van der Waals surface area contributed by atoms with Gasteiger partial charge in [0.25, 0.3) is 5.91 Å². The van der Waals surface area contributed by atoms with Crippen LogP contribution in [0.2, 0.25) is 0 Å². The Morgan fingerprint density at radius 1 is 1.12 bits per heavy atom. The lowest BCUT2D eigenvalue weighted by molar-refractivity contribution is -0.122. The van der Waals surface area contributed by atoms with E-state index >= 15 is 0 Å². The fraction of sp³-hybridized carbons (Fsp3) is 0.524. The number of phenols is 1. The van der Waals surface area contributed by atoms with E-state index in [4.69, 9.17) is 12.2 Å². The van der Waals surface area contributed by atoms with E-state index in [0.717, 1.165) is 23.1 Å². The third-order valence-electron chi connectivity index (χ3n) is 4.47. The molecular formula is C21H30N2O2S. The number of amides is 1. The second-order valence-electron chi connectivity index (χ2n) is 8.91. The quantitative estimate of drug-likeness (QED) is 0.606. The number of carbonyl (C=O) groups is 1. The van der Waals surface area contributed by atoms with Gasteiger partial charge in [0, 0.05) is 17.7 Å². The lowest BCUT2D eigenvalue weighted by Gasteiger charge is -2.28. The summed E-state index contributed by atoms with van der Waals surface area (Å²) in [6, 6.07) is 3.91. The van der Waals surface area contributed by atoms with E-state index in [2.05, 4.69) is 46.9 Å². The van der Waals surface area contributed by atoms with Gasteiger partial charge in [0.05, 0.1) is 0 Å². The van der Waals surface area contributed by atoms with Crippen molar-refractivity contribution in [2.75, 3.05) is 6.54 Å². The molecule has 1 aromatic carbocycles. The van der Waals surface area contributed by atoms with E-state index in [-0.39, 0.29) is 16.7 Å². The van der Waals surface area contributed by atoms with Crippen molar-refractivity contribution >= 4 is 29.3 Å². The van der Waals surface area contributed by atoms with Crippen LogP contribution in [0.4, 0.5) is 0 Å². The molecule has 0 spiro atoms. The molecule has 0 bridgehead atoms. The molecule has 1 heterocycles. The van der Waals surface area contributed by atoms with Crippen LogP contribution in [-0.2, 0) is 15.6 Å². The Balaban J connectivity index is 2.57. The summed E-state index contributed by atoms with van der Waals surface area (Å²) >= 11 is 5.28. The van der Waals surface area contributed by atoms with Gasteiger partial charge in [-0.15, -0.1) is 0 Å². The maximum absolute atomic E-state index is 12.6. The van der Waals surface area contributed by atoms with Gasteiger partial charge in [-0.1, -0.05) is 48.5 Å². The molecule has 1 aromatic rings. The van der Waals surface area contributed by atoms with Gasteiger partial charge in [-0.25, -0.2) is 0 Å². The lowest BCUT2D eigenvalue weighted by atomic mass is 9.78. The first-order chi connectivity index (χ1) is 11.9.